The fourth-order valence-corrected chi connectivity index (χ4v) is 2.64. The van der Waals surface area contributed by atoms with Crippen molar-refractivity contribution in [3.05, 3.63) is 0 Å². The lowest BCUT2D eigenvalue weighted by Crippen LogP contribution is -2.29. The fraction of sp³-hybridized carbons (Fsp3) is 1.00. The molecule has 72 valence electrons. The van der Waals surface area contributed by atoms with Crippen molar-refractivity contribution < 1.29 is 0 Å². The third kappa shape index (κ3) is 2.48. The van der Waals surface area contributed by atoms with Crippen LogP contribution in [0.25, 0.3) is 0 Å². The van der Waals surface area contributed by atoms with E-state index < -0.39 is 0 Å². The van der Waals surface area contributed by atoms with Gasteiger partial charge in [0.1, 0.15) is 0 Å². The van der Waals surface area contributed by atoms with Crippen LogP contribution in [0.15, 0.2) is 0 Å². The van der Waals surface area contributed by atoms with Crippen LogP contribution in [0.3, 0.4) is 0 Å². The summed E-state index contributed by atoms with van der Waals surface area (Å²) in [6, 6.07) is 0.499. The third-order valence-corrected chi connectivity index (χ3v) is 3.20. The van der Waals surface area contributed by atoms with Crippen molar-refractivity contribution in [2.45, 2.75) is 52.5 Å². The molecular weight excluding hydrogens is 146 g/mol. The highest BCUT2D eigenvalue weighted by molar-refractivity contribution is 4.83. The van der Waals surface area contributed by atoms with E-state index in [0.717, 1.165) is 17.8 Å². The van der Waals surface area contributed by atoms with Gasteiger partial charge < -0.3 is 5.73 Å². The second-order valence-corrected chi connectivity index (χ2v) is 4.87. The van der Waals surface area contributed by atoms with Crippen molar-refractivity contribution in [1.29, 1.82) is 0 Å². The summed E-state index contributed by atoms with van der Waals surface area (Å²) in [6.45, 7) is 6.98. The molecule has 0 spiro atoms. The minimum Gasteiger partial charge on any atom is -0.327 e. The first-order chi connectivity index (χ1) is 5.61. The predicted molar refractivity (Wildman–Crippen MR) is 53.9 cm³/mol. The molecule has 3 unspecified atom stereocenters. The molecule has 0 amide bonds. The molecule has 1 heteroatoms. The van der Waals surface area contributed by atoms with Gasteiger partial charge in [0, 0.05) is 6.04 Å². The first kappa shape index (κ1) is 10.0. The summed E-state index contributed by atoms with van der Waals surface area (Å²) >= 11 is 0. The number of rotatable bonds is 3. The van der Waals surface area contributed by atoms with Gasteiger partial charge in [-0.1, -0.05) is 27.2 Å². The van der Waals surface area contributed by atoms with Gasteiger partial charge in [0.25, 0.3) is 0 Å². The molecule has 0 bridgehead atoms. The minimum absolute atomic E-state index is 0.499. The van der Waals surface area contributed by atoms with Crippen molar-refractivity contribution >= 4 is 0 Å². The molecule has 0 aromatic heterocycles. The van der Waals surface area contributed by atoms with Crippen LogP contribution >= 0.6 is 0 Å². The topological polar surface area (TPSA) is 26.0 Å². The zero-order valence-electron chi connectivity index (χ0n) is 8.72. The number of hydrogen-bond donors (Lipinski definition) is 1. The normalized spacial score (nSPS) is 32.8. The number of nitrogens with two attached hydrogens (primary N) is 1. The maximum Gasteiger partial charge on any atom is 0.00697 e. The standard InChI is InChI=1S/C11H23N/c1-8(2)7-9(3)10-5-4-6-11(10)12/h8-11H,4-7,12H2,1-3H3. The van der Waals surface area contributed by atoms with Crippen LogP contribution in [0.4, 0.5) is 0 Å². The molecule has 1 nitrogen and oxygen atoms in total. The van der Waals surface area contributed by atoms with Gasteiger partial charge in [-0.3, -0.25) is 0 Å². The van der Waals surface area contributed by atoms with Crippen LogP contribution in [-0.4, -0.2) is 6.04 Å². The van der Waals surface area contributed by atoms with Crippen LogP contribution < -0.4 is 5.73 Å². The SMILES string of the molecule is CC(C)CC(C)C1CCCC1N. The monoisotopic (exact) mass is 169 g/mol. The summed E-state index contributed by atoms with van der Waals surface area (Å²) in [5.41, 5.74) is 6.06. The molecule has 12 heavy (non-hydrogen) atoms. The Labute approximate surface area is 76.7 Å². The Morgan fingerprint density at radius 2 is 1.92 bits per heavy atom. The van der Waals surface area contributed by atoms with E-state index in [4.69, 9.17) is 5.73 Å². The van der Waals surface area contributed by atoms with Gasteiger partial charge in [0.15, 0.2) is 0 Å². The molecule has 1 rings (SSSR count). The average Bonchev–Trinajstić information content (AvgIpc) is 2.33. The Kier molecular flexibility index (Phi) is 3.57. The molecule has 1 aliphatic rings. The molecule has 0 aromatic carbocycles. The van der Waals surface area contributed by atoms with E-state index in [9.17, 15) is 0 Å². The molecule has 1 aliphatic carbocycles. The molecule has 3 atom stereocenters. The highest BCUT2D eigenvalue weighted by atomic mass is 14.7. The van der Waals surface area contributed by atoms with Crippen molar-refractivity contribution in [1.82, 2.24) is 0 Å². The summed E-state index contributed by atoms with van der Waals surface area (Å²) in [6.07, 6.45) is 5.33. The second kappa shape index (κ2) is 4.27. The Bertz CT molecular complexity index is 131. The Morgan fingerprint density at radius 3 is 2.33 bits per heavy atom. The third-order valence-electron chi connectivity index (χ3n) is 3.20. The molecule has 1 fully saturated rings. The molecular formula is C11H23N. The molecule has 2 N–H and O–H groups in total. The highest BCUT2D eigenvalue weighted by Gasteiger charge is 2.28. The van der Waals surface area contributed by atoms with E-state index >= 15 is 0 Å². The average molecular weight is 169 g/mol. The minimum atomic E-state index is 0.499. The van der Waals surface area contributed by atoms with E-state index in [1.807, 2.05) is 0 Å². The molecule has 0 heterocycles. The summed E-state index contributed by atoms with van der Waals surface area (Å²) in [7, 11) is 0. The van der Waals surface area contributed by atoms with E-state index in [2.05, 4.69) is 20.8 Å². The van der Waals surface area contributed by atoms with E-state index in [1.165, 1.54) is 25.7 Å². The first-order valence-electron chi connectivity index (χ1n) is 5.37. The van der Waals surface area contributed by atoms with Crippen molar-refractivity contribution in [2.24, 2.45) is 23.5 Å². The molecule has 0 saturated heterocycles. The quantitative estimate of drug-likeness (QED) is 0.690. The zero-order chi connectivity index (χ0) is 9.14. The number of hydrogen-bond acceptors (Lipinski definition) is 1. The lowest BCUT2D eigenvalue weighted by atomic mass is 9.84. The van der Waals surface area contributed by atoms with Gasteiger partial charge >= 0.3 is 0 Å². The summed E-state index contributed by atoms with van der Waals surface area (Å²) in [5, 5.41) is 0. The largest absolute Gasteiger partial charge is 0.327 e. The van der Waals surface area contributed by atoms with E-state index in [-0.39, 0.29) is 0 Å². The second-order valence-electron chi connectivity index (χ2n) is 4.87. The van der Waals surface area contributed by atoms with Crippen LogP contribution in [0.2, 0.25) is 0 Å². The van der Waals surface area contributed by atoms with Crippen molar-refractivity contribution in [3.63, 3.8) is 0 Å². The molecule has 0 radical (unpaired) electrons. The van der Waals surface area contributed by atoms with Crippen LogP contribution in [0.1, 0.15) is 46.5 Å². The van der Waals surface area contributed by atoms with Crippen LogP contribution in [-0.2, 0) is 0 Å². The smallest absolute Gasteiger partial charge is 0.00697 e. The summed E-state index contributed by atoms with van der Waals surface area (Å²) in [4.78, 5) is 0. The highest BCUT2D eigenvalue weighted by Crippen LogP contribution is 2.33. The molecule has 0 aliphatic heterocycles. The Balaban J connectivity index is 2.35. The lowest BCUT2D eigenvalue weighted by Gasteiger charge is -2.24. The lowest BCUT2D eigenvalue weighted by molar-refractivity contribution is 0.286. The predicted octanol–water partition coefficient (Wildman–Crippen LogP) is 2.80. The van der Waals surface area contributed by atoms with Gasteiger partial charge in [-0.05, 0) is 37.0 Å². The first-order valence-corrected chi connectivity index (χ1v) is 5.37. The van der Waals surface area contributed by atoms with Crippen molar-refractivity contribution in [3.8, 4) is 0 Å². The maximum absolute atomic E-state index is 6.06. The zero-order valence-corrected chi connectivity index (χ0v) is 8.72. The van der Waals surface area contributed by atoms with E-state index in [1.54, 1.807) is 0 Å². The summed E-state index contributed by atoms with van der Waals surface area (Å²) in [5.74, 6) is 2.47. The molecule has 1 saturated carbocycles. The van der Waals surface area contributed by atoms with Crippen molar-refractivity contribution in [2.75, 3.05) is 0 Å². The maximum atomic E-state index is 6.06. The van der Waals surface area contributed by atoms with Gasteiger partial charge in [0.05, 0.1) is 0 Å². The Morgan fingerprint density at radius 1 is 1.25 bits per heavy atom. The van der Waals surface area contributed by atoms with Crippen LogP contribution in [0, 0.1) is 17.8 Å². The van der Waals surface area contributed by atoms with E-state index in [0.29, 0.717) is 6.04 Å². The fourth-order valence-electron chi connectivity index (χ4n) is 2.64. The van der Waals surface area contributed by atoms with Gasteiger partial charge in [-0.25, -0.2) is 0 Å². The van der Waals surface area contributed by atoms with Crippen LogP contribution in [0.5, 0.6) is 0 Å². The van der Waals surface area contributed by atoms with Gasteiger partial charge in [-0.2, -0.15) is 0 Å². The molecule has 0 aromatic rings. The Hall–Kier alpha value is -0.0400. The summed E-state index contributed by atoms with van der Waals surface area (Å²) < 4.78 is 0. The van der Waals surface area contributed by atoms with Gasteiger partial charge in [-0.15, -0.1) is 0 Å². The van der Waals surface area contributed by atoms with Gasteiger partial charge in [0.2, 0.25) is 0 Å².